The summed E-state index contributed by atoms with van der Waals surface area (Å²) in [6.07, 6.45) is 1.10. The number of nitrogens with one attached hydrogen (secondary N) is 1. The van der Waals surface area contributed by atoms with E-state index in [2.05, 4.69) is 53.8 Å². The zero-order chi connectivity index (χ0) is 26.9. The lowest BCUT2D eigenvalue weighted by atomic mass is 9.61. The topological polar surface area (TPSA) is 75.6 Å². The summed E-state index contributed by atoms with van der Waals surface area (Å²) in [5.41, 5.74) is 5.16. The number of carbonyl (C=O) groups is 2. The van der Waals surface area contributed by atoms with Crippen molar-refractivity contribution in [3.05, 3.63) is 131 Å². The molecule has 4 aromatic carbocycles. The van der Waals surface area contributed by atoms with Gasteiger partial charge in [0, 0.05) is 11.3 Å². The van der Waals surface area contributed by atoms with E-state index in [-0.39, 0.29) is 17.9 Å². The predicted molar refractivity (Wildman–Crippen MR) is 151 cm³/mol. The van der Waals surface area contributed by atoms with Crippen molar-refractivity contribution in [3.8, 4) is 11.1 Å². The van der Waals surface area contributed by atoms with E-state index >= 15 is 0 Å². The number of alkyl carbamates (subject to hydrolysis) is 1. The molecule has 1 fully saturated rings. The number of aliphatic carboxylic acids is 1. The zero-order valence-electron chi connectivity index (χ0n) is 21.7. The van der Waals surface area contributed by atoms with Gasteiger partial charge >= 0.3 is 12.1 Å². The number of carbonyl (C=O) groups excluding carboxylic acids is 1. The number of benzene rings is 4. The summed E-state index contributed by atoms with van der Waals surface area (Å²) in [7, 11) is 0. The second-order valence-corrected chi connectivity index (χ2v) is 10.7. The Balaban J connectivity index is 1.20. The Morgan fingerprint density at radius 1 is 0.692 bits per heavy atom. The van der Waals surface area contributed by atoms with Crippen LogP contribution in [0.5, 0.6) is 0 Å². The third-order valence-corrected chi connectivity index (χ3v) is 8.70. The molecule has 2 N–H and O–H groups in total. The van der Waals surface area contributed by atoms with E-state index in [4.69, 9.17) is 4.74 Å². The van der Waals surface area contributed by atoms with Gasteiger partial charge in [-0.2, -0.15) is 0 Å². The van der Waals surface area contributed by atoms with Crippen LogP contribution in [0.25, 0.3) is 11.1 Å². The minimum Gasteiger partial charge on any atom is -0.480 e. The predicted octanol–water partition coefficient (Wildman–Crippen LogP) is 6.91. The highest BCUT2D eigenvalue weighted by Gasteiger charge is 2.50. The molecular formula is C34H31NO4. The second-order valence-electron chi connectivity index (χ2n) is 10.7. The van der Waals surface area contributed by atoms with Crippen molar-refractivity contribution in [2.45, 2.75) is 42.6 Å². The van der Waals surface area contributed by atoms with Gasteiger partial charge in [0.15, 0.2) is 0 Å². The Bertz CT molecular complexity index is 1400. The Kier molecular flexibility index (Phi) is 6.43. The van der Waals surface area contributed by atoms with Gasteiger partial charge in [-0.05, 0) is 59.1 Å². The minimum absolute atomic E-state index is 0.0842. The molecule has 39 heavy (non-hydrogen) atoms. The number of hydrogen-bond donors (Lipinski definition) is 2. The SMILES string of the molecule is O=C(NC1(C(=O)O)CCC(c2ccccc2)(c2ccccc2)CC1)OCC1c2ccccc2-c2ccccc21. The van der Waals surface area contributed by atoms with E-state index in [1.807, 2.05) is 60.7 Å². The van der Waals surface area contributed by atoms with Crippen LogP contribution in [-0.4, -0.2) is 29.3 Å². The summed E-state index contributed by atoms with van der Waals surface area (Å²) in [5, 5.41) is 13.1. The van der Waals surface area contributed by atoms with Crippen molar-refractivity contribution in [3.63, 3.8) is 0 Å². The van der Waals surface area contributed by atoms with Gasteiger partial charge in [-0.3, -0.25) is 0 Å². The number of ether oxygens (including phenoxy) is 1. The summed E-state index contributed by atoms with van der Waals surface area (Å²) in [5.74, 6) is -1.11. The van der Waals surface area contributed by atoms with Crippen LogP contribution in [0, 0.1) is 0 Å². The highest BCUT2D eigenvalue weighted by Crippen LogP contribution is 2.48. The average molecular weight is 518 g/mol. The van der Waals surface area contributed by atoms with Gasteiger partial charge in [-0.25, -0.2) is 9.59 Å². The molecule has 4 aromatic rings. The van der Waals surface area contributed by atoms with Crippen molar-refractivity contribution in [2.24, 2.45) is 0 Å². The molecule has 5 heteroatoms. The molecule has 2 aliphatic carbocycles. The first-order valence-electron chi connectivity index (χ1n) is 13.5. The monoisotopic (exact) mass is 517 g/mol. The first kappa shape index (κ1) is 24.9. The third kappa shape index (κ3) is 4.38. The molecule has 0 radical (unpaired) electrons. The smallest absolute Gasteiger partial charge is 0.408 e. The van der Waals surface area contributed by atoms with Crippen LogP contribution < -0.4 is 5.32 Å². The van der Waals surface area contributed by atoms with E-state index in [0.717, 1.165) is 33.4 Å². The molecule has 0 aliphatic heterocycles. The average Bonchev–Trinajstić information content (AvgIpc) is 3.31. The molecule has 0 bridgehead atoms. The first-order valence-corrected chi connectivity index (χ1v) is 13.5. The van der Waals surface area contributed by atoms with Gasteiger partial charge in [0.1, 0.15) is 12.1 Å². The maximum absolute atomic E-state index is 13.1. The quantitative estimate of drug-likeness (QED) is 0.291. The van der Waals surface area contributed by atoms with Gasteiger partial charge in [0.25, 0.3) is 0 Å². The van der Waals surface area contributed by atoms with Gasteiger partial charge < -0.3 is 15.2 Å². The van der Waals surface area contributed by atoms with Crippen molar-refractivity contribution in [2.75, 3.05) is 6.61 Å². The summed E-state index contributed by atoms with van der Waals surface area (Å²) >= 11 is 0. The molecule has 6 rings (SSSR count). The number of amides is 1. The fourth-order valence-corrected chi connectivity index (χ4v) is 6.58. The molecule has 1 saturated carbocycles. The molecular weight excluding hydrogens is 486 g/mol. The molecule has 0 heterocycles. The first-order chi connectivity index (χ1) is 19.0. The van der Waals surface area contributed by atoms with E-state index in [1.54, 1.807) is 0 Å². The lowest BCUT2D eigenvalue weighted by Crippen LogP contribution is -2.58. The standard InChI is InChI=1S/C34H31NO4/c36-31(37)34(21-19-33(20-22-34,24-11-3-1-4-12-24)25-13-5-2-6-14-25)35-32(38)39-23-30-28-17-9-7-15-26(28)27-16-8-10-18-29(27)30/h1-18,30H,19-23H2,(H,35,38)(H,36,37). The van der Waals surface area contributed by atoms with E-state index in [0.29, 0.717) is 25.7 Å². The lowest BCUT2D eigenvalue weighted by molar-refractivity contribution is -0.146. The van der Waals surface area contributed by atoms with Crippen LogP contribution in [0.15, 0.2) is 109 Å². The van der Waals surface area contributed by atoms with Crippen molar-refractivity contribution in [1.82, 2.24) is 5.32 Å². The molecule has 1 amide bonds. The summed E-state index contributed by atoms with van der Waals surface area (Å²) < 4.78 is 5.73. The number of hydrogen-bond acceptors (Lipinski definition) is 3. The number of carboxylic acids is 1. The van der Waals surface area contributed by atoms with Crippen molar-refractivity contribution >= 4 is 12.1 Å². The molecule has 0 atom stereocenters. The van der Waals surface area contributed by atoms with Gasteiger partial charge in [0.2, 0.25) is 0 Å². The largest absolute Gasteiger partial charge is 0.480 e. The van der Waals surface area contributed by atoms with Crippen LogP contribution in [0.3, 0.4) is 0 Å². The number of rotatable bonds is 6. The van der Waals surface area contributed by atoms with Gasteiger partial charge in [-0.1, -0.05) is 109 Å². The summed E-state index contributed by atoms with van der Waals surface area (Å²) in [4.78, 5) is 25.7. The molecule has 0 aromatic heterocycles. The summed E-state index contributed by atoms with van der Waals surface area (Å²) in [6.45, 7) is 0.146. The van der Waals surface area contributed by atoms with Crippen LogP contribution in [0.1, 0.15) is 53.9 Å². The molecule has 0 spiro atoms. The number of fused-ring (bicyclic) bond motifs is 3. The highest BCUT2D eigenvalue weighted by atomic mass is 16.5. The van der Waals surface area contributed by atoms with Crippen molar-refractivity contribution in [1.29, 1.82) is 0 Å². The molecule has 196 valence electrons. The Morgan fingerprint density at radius 2 is 1.15 bits per heavy atom. The van der Waals surface area contributed by atoms with E-state index < -0.39 is 17.6 Å². The van der Waals surface area contributed by atoms with Crippen LogP contribution >= 0.6 is 0 Å². The van der Waals surface area contributed by atoms with Gasteiger partial charge in [-0.15, -0.1) is 0 Å². The van der Waals surface area contributed by atoms with Crippen LogP contribution in [0.4, 0.5) is 4.79 Å². The Hall–Kier alpha value is -4.38. The van der Waals surface area contributed by atoms with Gasteiger partial charge in [0.05, 0.1) is 0 Å². The van der Waals surface area contributed by atoms with Crippen LogP contribution in [0.2, 0.25) is 0 Å². The highest BCUT2D eigenvalue weighted by molar-refractivity contribution is 5.85. The normalized spacial score (nSPS) is 17.0. The maximum atomic E-state index is 13.1. The second kappa shape index (κ2) is 10.1. The van der Waals surface area contributed by atoms with Crippen molar-refractivity contribution < 1.29 is 19.4 Å². The summed E-state index contributed by atoms with van der Waals surface area (Å²) in [6, 6.07) is 36.8. The van der Waals surface area contributed by atoms with E-state index in [1.165, 1.54) is 0 Å². The lowest BCUT2D eigenvalue weighted by Gasteiger charge is -2.45. The van der Waals surface area contributed by atoms with Crippen LogP contribution in [-0.2, 0) is 14.9 Å². The Labute approximate surface area is 228 Å². The maximum Gasteiger partial charge on any atom is 0.408 e. The molecule has 0 saturated heterocycles. The molecule has 5 nitrogen and oxygen atoms in total. The fraction of sp³-hybridized carbons (Fsp3) is 0.235. The van der Waals surface area contributed by atoms with E-state index in [9.17, 15) is 14.7 Å². The Morgan fingerprint density at radius 3 is 1.64 bits per heavy atom. The minimum atomic E-state index is -1.38. The third-order valence-electron chi connectivity index (χ3n) is 8.70. The molecule has 2 aliphatic rings. The molecule has 0 unspecified atom stereocenters. The fourth-order valence-electron chi connectivity index (χ4n) is 6.58. The number of carboxylic acid groups (broad SMARTS) is 1. The zero-order valence-corrected chi connectivity index (χ0v) is 21.7.